The van der Waals surface area contributed by atoms with Crippen LogP contribution in [0.15, 0.2) is 65.7 Å². The minimum absolute atomic E-state index is 0.114. The molecule has 8 nitrogen and oxygen atoms in total. The van der Waals surface area contributed by atoms with Gasteiger partial charge in [0.15, 0.2) is 0 Å². The number of aryl methyl sites for hydroxylation is 2. The monoisotopic (exact) mass is 417 g/mol. The van der Waals surface area contributed by atoms with Gasteiger partial charge in [0.1, 0.15) is 18.7 Å². The third-order valence-electron chi connectivity index (χ3n) is 4.81. The smallest absolute Gasteiger partial charge is 0.274 e. The molecule has 31 heavy (non-hydrogen) atoms. The maximum Gasteiger partial charge on any atom is 0.274 e. The summed E-state index contributed by atoms with van der Waals surface area (Å²) < 4.78 is 9.12. The van der Waals surface area contributed by atoms with Gasteiger partial charge in [-0.2, -0.15) is 9.50 Å². The maximum absolute atomic E-state index is 12.5. The summed E-state index contributed by atoms with van der Waals surface area (Å²) in [7, 11) is 0. The quantitative estimate of drug-likeness (QED) is 0.497. The molecule has 0 unspecified atom stereocenters. The van der Waals surface area contributed by atoms with Crippen LogP contribution in [0.25, 0.3) is 5.78 Å². The van der Waals surface area contributed by atoms with Gasteiger partial charge >= 0.3 is 0 Å². The van der Waals surface area contributed by atoms with Gasteiger partial charge in [-0.3, -0.25) is 14.3 Å². The van der Waals surface area contributed by atoms with E-state index in [-0.39, 0.29) is 18.1 Å². The van der Waals surface area contributed by atoms with Gasteiger partial charge in [0.05, 0.1) is 5.69 Å². The number of amides is 1. The van der Waals surface area contributed by atoms with E-state index in [0.717, 1.165) is 12.0 Å². The minimum atomic E-state index is -0.199. The number of nitrogens with one attached hydrogen (secondary N) is 1. The second kappa shape index (κ2) is 8.83. The molecule has 0 saturated heterocycles. The number of rotatable bonds is 7. The summed E-state index contributed by atoms with van der Waals surface area (Å²) in [6.45, 7) is 4.75. The lowest BCUT2D eigenvalue weighted by Gasteiger charge is -2.12. The molecular weight excluding hydrogens is 394 g/mol. The number of fused-ring (bicyclic) bond motifs is 1. The lowest BCUT2D eigenvalue weighted by Crippen LogP contribution is -2.22. The Morgan fingerprint density at radius 2 is 1.94 bits per heavy atom. The summed E-state index contributed by atoms with van der Waals surface area (Å²) in [5.74, 6) is 0.753. The number of benzene rings is 2. The molecule has 4 aromatic rings. The van der Waals surface area contributed by atoms with Crippen LogP contribution in [0.2, 0.25) is 0 Å². The molecule has 158 valence electrons. The molecule has 0 atom stereocenters. The van der Waals surface area contributed by atoms with Crippen LogP contribution in [-0.2, 0) is 13.2 Å². The lowest BCUT2D eigenvalue weighted by molar-refractivity contribution is 0.102. The molecule has 8 heteroatoms. The van der Waals surface area contributed by atoms with Crippen molar-refractivity contribution in [3.63, 3.8) is 0 Å². The van der Waals surface area contributed by atoms with Crippen LogP contribution in [-0.4, -0.2) is 25.1 Å². The molecule has 0 fully saturated rings. The Kier molecular flexibility index (Phi) is 5.79. The topological polar surface area (TPSA) is 90.5 Å². The van der Waals surface area contributed by atoms with Crippen molar-refractivity contribution in [2.24, 2.45) is 0 Å². The highest BCUT2D eigenvalue weighted by atomic mass is 16.5. The van der Waals surface area contributed by atoms with Crippen LogP contribution >= 0.6 is 0 Å². The van der Waals surface area contributed by atoms with Crippen molar-refractivity contribution in [1.82, 2.24) is 19.2 Å². The van der Waals surface area contributed by atoms with E-state index in [0.29, 0.717) is 35.0 Å². The van der Waals surface area contributed by atoms with Gasteiger partial charge in [-0.05, 0) is 37.1 Å². The maximum atomic E-state index is 12.5. The second-order valence-electron chi connectivity index (χ2n) is 7.19. The van der Waals surface area contributed by atoms with E-state index in [4.69, 9.17) is 4.74 Å². The van der Waals surface area contributed by atoms with Crippen LogP contribution in [0.3, 0.4) is 0 Å². The number of ether oxygens (including phenoxy) is 1. The Morgan fingerprint density at radius 1 is 1.13 bits per heavy atom. The first-order chi connectivity index (χ1) is 15.0. The van der Waals surface area contributed by atoms with E-state index in [1.807, 2.05) is 44.2 Å². The van der Waals surface area contributed by atoms with E-state index in [1.54, 1.807) is 29.2 Å². The number of hydrogen-bond donors (Lipinski definition) is 1. The molecule has 0 saturated carbocycles. The molecule has 2 heterocycles. The normalized spacial score (nSPS) is 10.9. The molecular formula is C23H23N5O3. The summed E-state index contributed by atoms with van der Waals surface area (Å²) >= 11 is 0. The molecule has 0 spiro atoms. The Balaban J connectivity index is 1.50. The highest BCUT2D eigenvalue weighted by Crippen LogP contribution is 2.24. The van der Waals surface area contributed by atoms with Crippen LogP contribution in [0, 0.1) is 6.92 Å². The van der Waals surface area contributed by atoms with E-state index in [2.05, 4.69) is 15.3 Å². The number of aromatic nitrogens is 4. The fourth-order valence-corrected chi connectivity index (χ4v) is 3.24. The van der Waals surface area contributed by atoms with Gasteiger partial charge in [-0.25, -0.2) is 4.98 Å². The standard InChI is InChI=1S/C23H23N5O3/c1-3-11-27-15-24-23-26-19(13-21(29)28(23)27)14-31-20-12-18(10-9-16(20)2)25-22(30)17-7-5-4-6-8-17/h4-10,12-13,15H,3,11,14H2,1-2H3,(H,25,30). The van der Waals surface area contributed by atoms with Crippen molar-refractivity contribution in [2.45, 2.75) is 33.4 Å². The Hall–Kier alpha value is -3.94. The fourth-order valence-electron chi connectivity index (χ4n) is 3.24. The van der Waals surface area contributed by atoms with Crippen molar-refractivity contribution < 1.29 is 9.53 Å². The van der Waals surface area contributed by atoms with Gasteiger partial charge in [0.25, 0.3) is 17.2 Å². The molecule has 1 N–H and O–H groups in total. The highest BCUT2D eigenvalue weighted by molar-refractivity contribution is 6.04. The van der Waals surface area contributed by atoms with Gasteiger partial charge < -0.3 is 10.1 Å². The van der Waals surface area contributed by atoms with Gasteiger partial charge in [-0.1, -0.05) is 31.2 Å². The van der Waals surface area contributed by atoms with Crippen molar-refractivity contribution in [1.29, 1.82) is 0 Å². The number of carbonyl (C=O) groups excluding carboxylic acids is 1. The van der Waals surface area contributed by atoms with E-state index in [9.17, 15) is 9.59 Å². The molecule has 1 amide bonds. The van der Waals surface area contributed by atoms with Crippen molar-refractivity contribution in [3.8, 4) is 5.75 Å². The third-order valence-corrected chi connectivity index (χ3v) is 4.81. The second-order valence-corrected chi connectivity index (χ2v) is 7.19. The molecule has 2 aromatic heterocycles. The van der Waals surface area contributed by atoms with Crippen LogP contribution in [0.5, 0.6) is 5.75 Å². The molecule has 0 aliphatic carbocycles. The van der Waals surface area contributed by atoms with Gasteiger partial charge in [0, 0.05) is 29.9 Å². The Labute approximate surface area is 179 Å². The Morgan fingerprint density at radius 3 is 2.71 bits per heavy atom. The molecule has 0 bridgehead atoms. The zero-order valence-electron chi connectivity index (χ0n) is 17.4. The van der Waals surface area contributed by atoms with Gasteiger partial charge in [-0.15, -0.1) is 0 Å². The van der Waals surface area contributed by atoms with Crippen LogP contribution < -0.4 is 15.6 Å². The van der Waals surface area contributed by atoms with Crippen molar-refractivity contribution in [3.05, 3.63) is 88.1 Å². The summed E-state index contributed by atoms with van der Waals surface area (Å²) in [5, 5.41) is 2.87. The number of hydrogen-bond acceptors (Lipinski definition) is 5. The lowest BCUT2D eigenvalue weighted by atomic mass is 10.2. The minimum Gasteiger partial charge on any atom is -0.487 e. The van der Waals surface area contributed by atoms with E-state index >= 15 is 0 Å². The predicted octanol–water partition coefficient (Wildman–Crippen LogP) is 3.44. The van der Waals surface area contributed by atoms with Crippen LogP contribution in [0.1, 0.15) is 35.0 Å². The largest absolute Gasteiger partial charge is 0.487 e. The number of carbonyl (C=O) groups is 1. The third kappa shape index (κ3) is 4.48. The summed E-state index contributed by atoms with van der Waals surface area (Å²) in [5.41, 5.74) is 2.39. The molecule has 4 rings (SSSR count). The number of nitrogens with zero attached hydrogens (tertiary/aromatic N) is 4. The first-order valence-electron chi connectivity index (χ1n) is 10.1. The van der Waals surface area contributed by atoms with Crippen LogP contribution in [0.4, 0.5) is 5.69 Å². The van der Waals surface area contributed by atoms with Gasteiger partial charge in [0.2, 0.25) is 0 Å². The average molecular weight is 417 g/mol. The SMILES string of the molecule is CCCn1cnc2nc(COc3cc(NC(=O)c4ccccc4)ccc3C)cc(=O)n21. The molecule has 0 aliphatic rings. The van der Waals surface area contributed by atoms with E-state index < -0.39 is 0 Å². The summed E-state index contributed by atoms with van der Waals surface area (Å²) in [4.78, 5) is 33.5. The van der Waals surface area contributed by atoms with Crippen molar-refractivity contribution in [2.75, 3.05) is 5.32 Å². The highest BCUT2D eigenvalue weighted by Gasteiger charge is 2.11. The fraction of sp³-hybridized carbons (Fsp3) is 0.217. The Bertz CT molecular complexity index is 1280. The summed E-state index contributed by atoms with van der Waals surface area (Å²) in [6, 6.07) is 15.9. The van der Waals surface area contributed by atoms with E-state index in [1.165, 1.54) is 10.6 Å². The average Bonchev–Trinajstić information content (AvgIpc) is 3.18. The zero-order valence-corrected chi connectivity index (χ0v) is 17.4. The zero-order chi connectivity index (χ0) is 21.8. The molecule has 2 aromatic carbocycles. The number of anilines is 1. The first-order valence-corrected chi connectivity index (χ1v) is 10.1. The van der Waals surface area contributed by atoms with Crippen molar-refractivity contribution >= 4 is 17.4 Å². The molecule has 0 aliphatic heterocycles. The summed E-state index contributed by atoms with van der Waals surface area (Å²) in [6.07, 6.45) is 2.50. The molecule has 0 radical (unpaired) electrons. The first kappa shape index (κ1) is 20.3. The predicted molar refractivity (Wildman–Crippen MR) is 117 cm³/mol.